The van der Waals surface area contributed by atoms with Gasteiger partial charge in [-0.15, -0.1) is 0 Å². The molecular weight excluding hydrogens is 398 g/mol. The van der Waals surface area contributed by atoms with Crippen molar-refractivity contribution in [2.24, 2.45) is 4.99 Å². The first-order chi connectivity index (χ1) is 14.6. The summed E-state index contributed by atoms with van der Waals surface area (Å²) < 4.78 is 5.57. The van der Waals surface area contributed by atoms with Crippen LogP contribution in [-0.2, 0) is 4.74 Å². The van der Waals surface area contributed by atoms with Gasteiger partial charge in [-0.05, 0) is 45.2 Å². The number of halogens is 1. The van der Waals surface area contributed by atoms with Gasteiger partial charge in [-0.2, -0.15) is 0 Å². The van der Waals surface area contributed by atoms with Gasteiger partial charge >= 0.3 is 0 Å². The molecule has 0 radical (unpaired) electrons. The predicted octanol–water partition coefficient (Wildman–Crippen LogP) is 3.14. The maximum absolute atomic E-state index is 6.57. The number of ether oxygens (including phenoxy) is 1. The largest absolute Gasteiger partial charge is 0.379 e. The van der Waals surface area contributed by atoms with E-state index in [9.17, 15) is 0 Å². The van der Waals surface area contributed by atoms with E-state index in [1.807, 2.05) is 12.1 Å². The first-order valence-corrected chi connectivity index (χ1v) is 11.8. The van der Waals surface area contributed by atoms with Crippen molar-refractivity contribution in [2.75, 3.05) is 52.5 Å². The van der Waals surface area contributed by atoms with Crippen molar-refractivity contribution >= 4 is 17.6 Å². The van der Waals surface area contributed by atoms with Crippen LogP contribution in [0, 0.1) is 0 Å². The zero-order valence-corrected chi connectivity index (χ0v) is 19.5. The van der Waals surface area contributed by atoms with Gasteiger partial charge in [-0.3, -0.25) is 9.89 Å². The minimum Gasteiger partial charge on any atom is -0.379 e. The van der Waals surface area contributed by atoms with Crippen LogP contribution in [-0.4, -0.2) is 80.3 Å². The number of morpholine rings is 1. The number of rotatable bonds is 7. The summed E-state index contributed by atoms with van der Waals surface area (Å²) >= 11 is 6.57. The van der Waals surface area contributed by atoms with Crippen molar-refractivity contribution in [1.82, 2.24) is 20.4 Å². The van der Waals surface area contributed by atoms with Gasteiger partial charge in [0.15, 0.2) is 5.96 Å². The number of benzene rings is 1. The minimum atomic E-state index is 0.154. The van der Waals surface area contributed by atoms with Crippen LogP contribution in [0.4, 0.5) is 0 Å². The Morgan fingerprint density at radius 3 is 2.47 bits per heavy atom. The molecule has 0 aliphatic carbocycles. The summed E-state index contributed by atoms with van der Waals surface area (Å²) in [7, 11) is 0. The number of hydrogen-bond donors (Lipinski definition) is 2. The van der Waals surface area contributed by atoms with E-state index in [-0.39, 0.29) is 6.04 Å². The Hall–Kier alpha value is -1.34. The first-order valence-electron chi connectivity index (χ1n) is 11.4. The van der Waals surface area contributed by atoms with Crippen LogP contribution < -0.4 is 10.6 Å². The lowest BCUT2D eigenvalue weighted by atomic mass is 10.0. The molecule has 2 saturated heterocycles. The van der Waals surface area contributed by atoms with Crippen molar-refractivity contribution in [1.29, 1.82) is 0 Å². The van der Waals surface area contributed by atoms with Gasteiger partial charge in [0, 0.05) is 49.8 Å². The van der Waals surface area contributed by atoms with Gasteiger partial charge in [-0.1, -0.05) is 29.8 Å². The Morgan fingerprint density at radius 2 is 1.83 bits per heavy atom. The van der Waals surface area contributed by atoms with E-state index in [0.717, 1.165) is 75.3 Å². The average molecular weight is 436 g/mol. The van der Waals surface area contributed by atoms with E-state index in [2.05, 4.69) is 53.3 Å². The summed E-state index contributed by atoms with van der Waals surface area (Å²) in [5, 5.41) is 7.92. The Labute approximate surface area is 187 Å². The van der Waals surface area contributed by atoms with Crippen molar-refractivity contribution in [3.05, 3.63) is 34.9 Å². The SMILES string of the molecule is CCNC(=NCC(c1ccccc1Cl)N1CCOCC1)NC1CCN(C(C)C)CC1. The summed E-state index contributed by atoms with van der Waals surface area (Å²) in [5.74, 6) is 0.908. The van der Waals surface area contributed by atoms with Gasteiger partial charge in [0.05, 0.1) is 25.8 Å². The molecular formula is C23H38ClN5O. The molecule has 7 heteroatoms. The molecule has 0 amide bonds. The third kappa shape index (κ3) is 6.58. The molecule has 1 aromatic carbocycles. The maximum Gasteiger partial charge on any atom is 0.191 e. The molecule has 2 heterocycles. The topological polar surface area (TPSA) is 52.1 Å². The summed E-state index contributed by atoms with van der Waals surface area (Å²) in [5.41, 5.74) is 1.14. The summed E-state index contributed by atoms with van der Waals surface area (Å²) in [6, 6.07) is 9.39. The summed E-state index contributed by atoms with van der Waals surface area (Å²) in [4.78, 5) is 9.99. The van der Waals surface area contributed by atoms with Crippen LogP contribution in [0.1, 0.15) is 45.2 Å². The highest BCUT2D eigenvalue weighted by molar-refractivity contribution is 6.31. The molecule has 0 spiro atoms. The van der Waals surface area contributed by atoms with Gasteiger partial charge in [-0.25, -0.2) is 0 Å². The number of guanidine groups is 1. The molecule has 6 nitrogen and oxygen atoms in total. The normalized spacial score (nSPS) is 21.0. The van der Waals surface area contributed by atoms with Crippen LogP contribution in [0.2, 0.25) is 5.02 Å². The Balaban J connectivity index is 1.68. The monoisotopic (exact) mass is 435 g/mol. The number of nitrogens with one attached hydrogen (secondary N) is 2. The molecule has 0 aromatic heterocycles. The molecule has 2 fully saturated rings. The molecule has 168 valence electrons. The highest BCUT2D eigenvalue weighted by Gasteiger charge is 2.25. The summed E-state index contributed by atoms with van der Waals surface area (Å²) in [6.07, 6.45) is 2.31. The van der Waals surface area contributed by atoms with Gasteiger partial charge < -0.3 is 20.3 Å². The van der Waals surface area contributed by atoms with Crippen LogP contribution in [0.15, 0.2) is 29.3 Å². The molecule has 0 saturated carbocycles. The number of nitrogens with zero attached hydrogens (tertiary/aromatic N) is 3. The first kappa shape index (κ1) is 23.3. The Kier molecular flexibility index (Phi) is 9.25. The van der Waals surface area contributed by atoms with E-state index in [0.29, 0.717) is 18.6 Å². The fraction of sp³-hybridized carbons (Fsp3) is 0.696. The third-order valence-corrected chi connectivity index (χ3v) is 6.46. The standard InChI is InChI=1S/C23H38ClN5O/c1-4-25-23(27-19-9-11-28(12-10-19)18(2)3)26-17-22(29-13-15-30-16-14-29)20-7-5-6-8-21(20)24/h5-8,18-19,22H,4,9-17H2,1-3H3,(H2,25,26,27). The molecule has 2 N–H and O–H groups in total. The van der Waals surface area contributed by atoms with Crippen LogP contribution >= 0.6 is 11.6 Å². The highest BCUT2D eigenvalue weighted by atomic mass is 35.5. The summed E-state index contributed by atoms with van der Waals surface area (Å²) in [6.45, 7) is 13.8. The van der Waals surface area contributed by atoms with Crippen LogP contribution in [0.3, 0.4) is 0 Å². The van der Waals surface area contributed by atoms with E-state index < -0.39 is 0 Å². The minimum absolute atomic E-state index is 0.154. The molecule has 3 rings (SSSR count). The second kappa shape index (κ2) is 11.9. The van der Waals surface area contributed by atoms with Crippen molar-refractivity contribution < 1.29 is 4.74 Å². The van der Waals surface area contributed by atoms with Crippen molar-refractivity contribution in [3.63, 3.8) is 0 Å². The second-order valence-corrected chi connectivity index (χ2v) is 8.86. The van der Waals surface area contributed by atoms with Crippen LogP contribution in [0.5, 0.6) is 0 Å². The number of aliphatic imine (C=N–C) groups is 1. The molecule has 1 aromatic rings. The quantitative estimate of drug-likeness (QED) is 0.509. The van der Waals surface area contributed by atoms with Crippen LogP contribution in [0.25, 0.3) is 0 Å². The van der Waals surface area contributed by atoms with E-state index in [4.69, 9.17) is 21.3 Å². The smallest absolute Gasteiger partial charge is 0.191 e. The lowest BCUT2D eigenvalue weighted by Crippen LogP contribution is -2.50. The number of piperidine rings is 1. The van der Waals surface area contributed by atoms with Gasteiger partial charge in [0.1, 0.15) is 0 Å². The van der Waals surface area contributed by atoms with E-state index in [1.165, 1.54) is 0 Å². The number of likely N-dealkylation sites (tertiary alicyclic amines) is 1. The lowest BCUT2D eigenvalue weighted by molar-refractivity contribution is 0.0180. The zero-order valence-electron chi connectivity index (χ0n) is 18.7. The molecule has 2 aliphatic heterocycles. The van der Waals surface area contributed by atoms with Gasteiger partial charge in [0.2, 0.25) is 0 Å². The molecule has 1 atom stereocenters. The Bertz CT molecular complexity index is 669. The second-order valence-electron chi connectivity index (χ2n) is 8.45. The molecule has 30 heavy (non-hydrogen) atoms. The number of hydrogen-bond acceptors (Lipinski definition) is 4. The zero-order chi connectivity index (χ0) is 21.3. The molecule has 0 bridgehead atoms. The lowest BCUT2D eigenvalue weighted by Gasteiger charge is -2.36. The van der Waals surface area contributed by atoms with Crippen molar-refractivity contribution in [2.45, 2.75) is 51.7 Å². The average Bonchev–Trinajstić information content (AvgIpc) is 2.76. The highest BCUT2D eigenvalue weighted by Crippen LogP contribution is 2.28. The third-order valence-electron chi connectivity index (χ3n) is 6.12. The fourth-order valence-electron chi connectivity index (χ4n) is 4.30. The maximum atomic E-state index is 6.57. The molecule has 1 unspecified atom stereocenters. The fourth-order valence-corrected chi connectivity index (χ4v) is 4.56. The predicted molar refractivity (Wildman–Crippen MR) is 125 cm³/mol. The van der Waals surface area contributed by atoms with Gasteiger partial charge in [0.25, 0.3) is 0 Å². The van der Waals surface area contributed by atoms with E-state index >= 15 is 0 Å². The van der Waals surface area contributed by atoms with E-state index in [1.54, 1.807) is 0 Å². The molecule has 2 aliphatic rings. The Morgan fingerprint density at radius 1 is 1.13 bits per heavy atom. The van der Waals surface area contributed by atoms with Crippen molar-refractivity contribution in [3.8, 4) is 0 Å².